The summed E-state index contributed by atoms with van der Waals surface area (Å²) >= 11 is 1.73. The SMILES string of the molecule is CCN(CC)CCSc1cc2ccccc2c(-c2ccccc2F)n1. The lowest BCUT2D eigenvalue weighted by atomic mass is 10.0. The predicted molar refractivity (Wildman–Crippen MR) is 106 cm³/mol. The molecule has 1 heterocycles. The fraction of sp³-hybridized carbons (Fsp3) is 0.286. The first-order valence-corrected chi connectivity index (χ1v) is 9.71. The van der Waals surface area contributed by atoms with Gasteiger partial charge >= 0.3 is 0 Å². The normalized spacial score (nSPS) is 11.4. The number of aromatic nitrogens is 1. The Balaban J connectivity index is 1.94. The Labute approximate surface area is 153 Å². The Bertz CT molecular complexity index is 846. The maximum atomic E-state index is 14.3. The van der Waals surface area contributed by atoms with Gasteiger partial charge in [-0.15, -0.1) is 11.8 Å². The van der Waals surface area contributed by atoms with Gasteiger partial charge in [-0.3, -0.25) is 0 Å². The zero-order valence-electron chi connectivity index (χ0n) is 14.7. The summed E-state index contributed by atoms with van der Waals surface area (Å²) in [4.78, 5) is 7.18. The number of benzene rings is 2. The number of hydrogen-bond donors (Lipinski definition) is 0. The molecular weight excluding hydrogens is 331 g/mol. The van der Waals surface area contributed by atoms with Crippen molar-refractivity contribution in [2.45, 2.75) is 18.9 Å². The monoisotopic (exact) mass is 354 g/mol. The van der Waals surface area contributed by atoms with Crippen LogP contribution in [0.5, 0.6) is 0 Å². The first-order valence-electron chi connectivity index (χ1n) is 8.72. The Hall–Kier alpha value is -1.91. The molecule has 0 bridgehead atoms. The maximum absolute atomic E-state index is 14.3. The highest BCUT2D eigenvalue weighted by atomic mass is 32.2. The smallest absolute Gasteiger partial charge is 0.132 e. The van der Waals surface area contributed by atoms with Crippen molar-refractivity contribution in [1.82, 2.24) is 9.88 Å². The molecule has 0 saturated carbocycles. The molecule has 0 amide bonds. The first-order chi connectivity index (χ1) is 12.2. The maximum Gasteiger partial charge on any atom is 0.132 e. The highest BCUT2D eigenvalue weighted by Crippen LogP contribution is 2.32. The van der Waals surface area contributed by atoms with Crippen LogP contribution in [0, 0.1) is 5.82 Å². The third-order valence-corrected chi connectivity index (χ3v) is 5.29. The summed E-state index contributed by atoms with van der Waals surface area (Å²) in [5.41, 5.74) is 1.28. The van der Waals surface area contributed by atoms with E-state index in [-0.39, 0.29) is 5.82 Å². The van der Waals surface area contributed by atoms with Crippen LogP contribution in [0.1, 0.15) is 13.8 Å². The van der Waals surface area contributed by atoms with Gasteiger partial charge in [0.2, 0.25) is 0 Å². The van der Waals surface area contributed by atoms with Gasteiger partial charge in [-0.1, -0.05) is 50.2 Å². The van der Waals surface area contributed by atoms with Crippen molar-refractivity contribution in [2.24, 2.45) is 0 Å². The van der Waals surface area contributed by atoms with Crippen molar-refractivity contribution in [3.8, 4) is 11.3 Å². The average Bonchev–Trinajstić information content (AvgIpc) is 2.65. The number of nitrogens with zero attached hydrogens (tertiary/aromatic N) is 2. The van der Waals surface area contributed by atoms with Crippen molar-refractivity contribution >= 4 is 22.5 Å². The van der Waals surface area contributed by atoms with E-state index in [9.17, 15) is 4.39 Å². The molecule has 3 rings (SSSR count). The lowest BCUT2D eigenvalue weighted by molar-refractivity contribution is 0.324. The quantitative estimate of drug-likeness (QED) is 0.523. The van der Waals surface area contributed by atoms with Gasteiger partial charge in [-0.25, -0.2) is 9.37 Å². The highest BCUT2D eigenvalue weighted by Gasteiger charge is 2.12. The summed E-state index contributed by atoms with van der Waals surface area (Å²) < 4.78 is 14.3. The van der Waals surface area contributed by atoms with Crippen molar-refractivity contribution < 1.29 is 4.39 Å². The topological polar surface area (TPSA) is 16.1 Å². The third kappa shape index (κ3) is 4.20. The lowest BCUT2D eigenvalue weighted by Crippen LogP contribution is -2.25. The van der Waals surface area contributed by atoms with Crippen molar-refractivity contribution in [3.63, 3.8) is 0 Å². The molecule has 0 fully saturated rings. The molecule has 0 N–H and O–H groups in total. The summed E-state index contributed by atoms with van der Waals surface area (Å²) in [6.45, 7) is 7.50. The molecule has 0 aliphatic heterocycles. The van der Waals surface area contributed by atoms with Gasteiger partial charge in [0.25, 0.3) is 0 Å². The molecule has 0 unspecified atom stereocenters. The summed E-state index contributed by atoms with van der Waals surface area (Å²) in [7, 11) is 0. The molecule has 0 aliphatic carbocycles. The van der Waals surface area contributed by atoms with E-state index >= 15 is 0 Å². The summed E-state index contributed by atoms with van der Waals surface area (Å²) in [5, 5.41) is 3.03. The largest absolute Gasteiger partial charge is 0.303 e. The van der Waals surface area contributed by atoms with Crippen LogP contribution in [-0.4, -0.2) is 35.3 Å². The molecule has 4 heteroatoms. The second-order valence-electron chi connectivity index (χ2n) is 5.89. The molecule has 130 valence electrons. The van der Waals surface area contributed by atoms with Gasteiger partial charge in [-0.05, 0) is 36.7 Å². The van der Waals surface area contributed by atoms with E-state index in [4.69, 9.17) is 4.98 Å². The van der Waals surface area contributed by atoms with Crippen LogP contribution in [0.15, 0.2) is 59.6 Å². The van der Waals surface area contributed by atoms with E-state index in [1.54, 1.807) is 23.9 Å². The number of hydrogen-bond acceptors (Lipinski definition) is 3. The van der Waals surface area contributed by atoms with Gasteiger partial charge in [0.15, 0.2) is 0 Å². The Morgan fingerprint density at radius 3 is 2.48 bits per heavy atom. The van der Waals surface area contributed by atoms with E-state index in [0.717, 1.165) is 46.9 Å². The number of halogens is 1. The predicted octanol–water partition coefficient (Wildman–Crippen LogP) is 5.47. The van der Waals surface area contributed by atoms with Crippen LogP contribution in [0.2, 0.25) is 0 Å². The van der Waals surface area contributed by atoms with Crippen LogP contribution in [0.4, 0.5) is 4.39 Å². The molecule has 2 nitrogen and oxygen atoms in total. The molecule has 0 radical (unpaired) electrons. The number of pyridine rings is 1. The summed E-state index contributed by atoms with van der Waals surface area (Å²) in [5.74, 6) is 0.745. The second kappa shape index (κ2) is 8.45. The first kappa shape index (κ1) is 17.9. The average molecular weight is 354 g/mol. The Kier molecular flexibility index (Phi) is 6.05. The van der Waals surface area contributed by atoms with Crippen LogP contribution in [0.3, 0.4) is 0 Å². The molecule has 0 aliphatic rings. The van der Waals surface area contributed by atoms with E-state index in [0.29, 0.717) is 5.56 Å². The van der Waals surface area contributed by atoms with E-state index in [1.165, 1.54) is 6.07 Å². The molecule has 0 spiro atoms. The van der Waals surface area contributed by atoms with Crippen LogP contribution < -0.4 is 0 Å². The van der Waals surface area contributed by atoms with Crippen LogP contribution >= 0.6 is 11.8 Å². The fourth-order valence-electron chi connectivity index (χ4n) is 2.93. The minimum atomic E-state index is -0.231. The Morgan fingerprint density at radius 1 is 1.00 bits per heavy atom. The van der Waals surface area contributed by atoms with Gasteiger partial charge < -0.3 is 4.90 Å². The van der Waals surface area contributed by atoms with E-state index < -0.39 is 0 Å². The standard InChI is InChI=1S/C21H23FN2S/c1-3-24(4-2)13-14-25-20-15-16-9-5-6-10-17(16)21(23-20)18-11-7-8-12-19(18)22/h5-12,15H,3-4,13-14H2,1-2H3. The second-order valence-corrected chi connectivity index (χ2v) is 7.00. The van der Waals surface area contributed by atoms with E-state index in [1.807, 2.05) is 24.3 Å². The van der Waals surface area contributed by atoms with Gasteiger partial charge in [0.1, 0.15) is 5.82 Å². The van der Waals surface area contributed by atoms with E-state index in [2.05, 4.69) is 30.9 Å². The zero-order valence-corrected chi connectivity index (χ0v) is 15.5. The molecule has 2 aromatic carbocycles. The molecule has 0 atom stereocenters. The van der Waals surface area contributed by atoms with Crippen LogP contribution in [-0.2, 0) is 0 Å². The number of rotatable bonds is 7. The van der Waals surface area contributed by atoms with Gasteiger partial charge in [-0.2, -0.15) is 0 Å². The number of thioether (sulfide) groups is 1. The molecule has 3 aromatic rings. The fourth-order valence-corrected chi connectivity index (χ4v) is 3.85. The summed E-state index contributed by atoms with van der Waals surface area (Å²) in [6.07, 6.45) is 0. The lowest BCUT2D eigenvalue weighted by Gasteiger charge is -2.17. The van der Waals surface area contributed by atoms with Crippen molar-refractivity contribution in [1.29, 1.82) is 0 Å². The molecular formula is C21H23FN2S. The van der Waals surface area contributed by atoms with Gasteiger partial charge in [0.05, 0.1) is 10.7 Å². The van der Waals surface area contributed by atoms with Crippen LogP contribution in [0.25, 0.3) is 22.0 Å². The molecule has 1 aromatic heterocycles. The Morgan fingerprint density at radius 2 is 1.72 bits per heavy atom. The third-order valence-electron chi connectivity index (χ3n) is 4.40. The zero-order chi connectivity index (χ0) is 17.6. The summed E-state index contributed by atoms with van der Waals surface area (Å²) in [6, 6.07) is 17.0. The minimum Gasteiger partial charge on any atom is -0.303 e. The highest BCUT2D eigenvalue weighted by molar-refractivity contribution is 7.99. The molecule has 0 saturated heterocycles. The minimum absolute atomic E-state index is 0.231. The van der Waals surface area contributed by atoms with Crippen molar-refractivity contribution in [2.75, 3.05) is 25.4 Å². The van der Waals surface area contributed by atoms with Crippen molar-refractivity contribution in [3.05, 3.63) is 60.4 Å². The molecule has 25 heavy (non-hydrogen) atoms. The number of fused-ring (bicyclic) bond motifs is 1. The van der Waals surface area contributed by atoms with Gasteiger partial charge in [0, 0.05) is 23.2 Å².